The van der Waals surface area contributed by atoms with E-state index in [4.69, 9.17) is 0 Å². The van der Waals surface area contributed by atoms with E-state index in [9.17, 15) is 0 Å². The summed E-state index contributed by atoms with van der Waals surface area (Å²) >= 11 is 1.89. The van der Waals surface area contributed by atoms with Crippen molar-refractivity contribution in [3.05, 3.63) is 16.1 Å². The number of hydrogen-bond acceptors (Lipinski definition) is 4. The SMILES string of the molecule is CCc1cnc(C(C)N2CC(C3CC3)NCC2C)s1. The zero-order valence-corrected chi connectivity index (χ0v) is 13.0. The maximum atomic E-state index is 4.64. The van der Waals surface area contributed by atoms with E-state index in [0.717, 1.165) is 18.9 Å². The molecule has 1 saturated heterocycles. The van der Waals surface area contributed by atoms with Crippen LogP contribution in [0.3, 0.4) is 0 Å². The molecule has 1 aromatic heterocycles. The Bertz CT molecular complexity index is 427. The molecule has 0 aromatic carbocycles. The smallest absolute Gasteiger partial charge is 0.110 e. The van der Waals surface area contributed by atoms with E-state index in [1.54, 1.807) is 0 Å². The first-order valence-electron chi connectivity index (χ1n) is 7.62. The zero-order valence-electron chi connectivity index (χ0n) is 12.2. The Labute approximate surface area is 120 Å². The first-order chi connectivity index (χ1) is 9.19. The Kier molecular flexibility index (Phi) is 3.92. The topological polar surface area (TPSA) is 28.2 Å². The fourth-order valence-electron chi connectivity index (χ4n) is 3.09. The average molecular weight is 279 g/mol. The van der Waals surface area contributed by atoms with E-state index in [1.165, 1.54) is 29.3 Å². The molecule has 1 aliphatic carbocycles. The second-order valence-corrected chi connectivity index (χ2v) is 7.24. The number of nitrogens with one attached hydrogen (secondary N) is 1. The van der Waals surface area contributed by atoms with Crippen LogP contribution in [0.5, 0.6) is 0 Å². The number of hydrogen-bond donors (Lipinski definition) is 1. The Hall–Kier alpha value is -0.450. The molecule has 1 saturated carbocycles. The molecule has 3 atom stereocenters. The maximum Gasteiger partial charge on any atom is 0.110 e. The van der Waals surface area contributed by atoms with Crippen molar-refractivity contribution in [2.24, 2.45) is 5.92 Å². The van der Waals surface area contributed by atoms with E-state index in [0.29, 0.717) is 18.1 Å². The van der Waals surface area contributed by atoms with Crippen molar-refractivity contribution in [3.8, 4) is 0 Å². The molecule has 4 heteroatoms. The van der Waals surface area contributed by atoms with Crippen molar-refractivity contribution in [1.82, 2.24) is 15.2 Å². The number of rotatable bonds is 4. The first kappa shape index (κ1) is 13.5. The lowest BCUT2D eigenvalue weighted by atomic mass is 10.0. The van der Waals surface area contributed by atoms with Gasteiger partial charge in [-0.1, -0.05) is 6.92 Å². The van der Waals surface area contributed by atoms with Gasteiger partial charge < -0.3 is 5.32 Å². The molecule has 0 spiro atoms. The Morgan fingerprint density at radius 2 is 2.32 bits per heavy atom. The fourth-order valence-corrected chi connectivity index (χ4v) is 4.02. The van der Waals surface area contributed by atoms with Crippen LogP contribution in [0.1, 0.15) is 49.5 Å². The van der Waals surface area contributed by atoms with Crippen LogP contribution in [0.4, 0.5) is 0 Å². The van der Waals surface area contributed by atoms with Gasteiger partial charge in [-0.2, -0.15) is 0 Å². The first-order valence-corrected chi connectivity index (χ1v) is 8.44. The summed E-state index contributed by atoms with van der Waals surface area (Å²) in [6.07, 6.45) is 6.00. The van der Waals surface area contributed by atoms with Gasteiger partial charge in [0.2, 0.25) is 0 Å². The molecule has 3 rings (SSSR count). The van der Waals surface area contributed by atoms with Crippen molar-refractivity contribution in [3.63, 3.8) is 0 Å². The minimum absolute atomic E-state index is 0.462. The lowest BCUT2D eigenvalue weighted by Gasteiger charge is -2.41. The highest BCUT2D eigenvalue weighted by Gasteiger charge is 2.38. The van der Waals surface area contributed by atoms with Crippen molar-refractivity contribution in [2.45, 2.75) is 58.2 Å². The number of piperazine rings is 1. The summed E-state index contributed by atoms with van der Waals surface area (Å²) in [7, 11) is 0. The third kappa shape index (κ3) is 2.86. The van der Waals surface area contributed by atoms with Crippen molar-refractivity contribution in [2.75, 3.05) is 13.1 Å². The van der Waals surface area contributed by atoms with Crippen LogP contribution in [-0.2, 0) is 6.42 Å². The van der Waals surface area contributed by atoms with Gasteiger partial charge in [-0.25, -0.2) is 4.98 Å². The Balaban J connectivity index is 1.70. The molecule has 0 radical (unpaired) electrons. The molecule has 1 aromatic rings. The predicted molar refractivity (Wildman–Crippen MR) is 80.6 cm³/mol. The van der Waals surface area contributed by atoms with Gasteiger partial charge in [0, 0.05) is 36.2 Å². The molecule has 0 bridgehead atoms. The van der Waals surface area contributed by atoms with Crippen LogP contribution >= 0.6 is 11.3 Å². The quantitative estimate of drug-likeness (QED) is 0.918. The third-order valence-corrected chi connectivity index (χ3v) is 5.93. The third-order valence-electron chi connectivity index (χ3n) is 4.61. The van der Waals surface area contributed by atoms with E-state index in [2.05, 4.69) is 42.2 Å². The van der Waals surface area contributed by atoms with Crippen LogP contribution < -0.4 is 5.32 Å². The monoisotopic (exact) mass is 279 g/mol. The minimum atomic E-state index is 0.462. The summed E-state index contributed by atoms with van der Waals surface area (Å²) in [5.41, 5.74) is 0. The summed E-state index contributed by atoms with van der Waals surface area (Å²) in [4.78, 5) is 8.70. The van der Waals surface area contributed by atoms with Crippen LogP contribution in [0, 0.1) is 5.92 Å². The van der Waals surface area contributed by atoms with Gasteiger partial charge in [0.1, 0.15) is 5.01 Å². The normalized spacial score (nSPS) is 30.5. The number of aromatic nitrogens is 1. The van der Waals surface area contributed by atoms with Crippen LogP contribution in [0.25, 0.3) is 0 Å². The molecule has 3 unspecified atom stereocenters. The molecule has 2 fully saturated rings. The minimum Gasteiger partial charge on any atom is -0.311 e. The number of aryl methyl sites for hydroxylation is 1. The molecule has 3 nitrogen and oxygen atoms in total. The molecule has 1 N–H and O–H groups in total. The second kappa shape index (κ2) is 5.51. The van der Waals surface area contributed by atoms with Gasteiger partial charge in [0.05, 0.1) is 6.04 Å². The van der Waals surface area contributed by atoms with E-state index < -0.39 is 0 Å². The summed E-state index contributed by atoms with van der Waals surface area (Å²) in [5, 5.41) is 5.02. The molecular weight excluding hydrogens is 254 g/mol. The summed E-state index contributed by atoms with van der Waals surface area (Å²) in [6.45, 7) is 9.18. The van der Waals surface area contributed by atoms with Gasteiger partial charge in [-0.05, 0) is 39.0 Å². The molecule has 0 amide bonds. The van der Waals surface area contributed by atoms with Crippen molar-refractivity contribution < 1.29 is 0 Å². The van der Waals surface area contributed by atoms with Crippen molar-refractivity contribution >= 4 is 11.3 Å². The lowest BCUT2D eigenvalue weighted by Crippen LogP contribution is -2.56. The summed E-state index contributed by atoms with van der Waals surface area (Å²) in [5.74, 6) is 0.935. The number of nitrogens with zero attached hydrogens (tertiary/aromatic N) is 2. The Morgan fingerprint density at radius 1 is 1.53 bits per heavy atom. The molecule has 1 aliphatic heterocycles. The highest BCUT2D eigenvalue weighted by atomic mass is 32.1. The largest absolute Gasteiger partial charge is 0.311 e. The van der Waals surface area contributed by atoms with E-state index in [1.807, 2.05) is 11.3 Å². The summed E-state index contributed by atoms with van der Waals surface area (Å²) in [6, 6.07) is 1.78. The maximum absolute atomic E-state index is 4.64. The highest BCUT2D eigenvalue weighted by molar-refractivity contribution is 7.11. The van der Waals surface area contributed by atoms with Crippen LogP contribution in [0.15, 0.2) is 6.20 Å². The number of thiazole rings is 1. The predicted octanol–water partition coefficient (Wildman–Crippen LogP) is 2.84. The van der Waals surface area contributed by atoms with Crippen LogP contribution in [-0.4, -0.2) is 35.1 Å². The van der Waals surface area contributed by atoms with Crippen molar-refractivity contribution in [1.29, 1.82) is 0 Å². The van der Waals surface area contributed by atoms with Crippen LogP contribution in [0.2, 0.25) is 0 Å². The van der Waals surface area contributed by atoms with Gasteiger partial charge >= 0.3 is 0 Å². The van der Waals surface area contributed by atoms with Gasteiger partial charge in [-0.15, -0.1) is 11.3 Å². The second-order valence-electron chi connectivity index (χ2n) is 6.09. The van der Waals surface area contributed by atoms with E-state index in [-0.39, 0.29) is 0 Å². The molecule has 2 aliphatic rings. The summed E-state index contributed by atoms with van der Waals surface area (Å²) < 4.78 is 0. The molecule has 106 valence electrons. The van der Waals surface area contributed by atoms with E-state index >= 15 is 0 Å². The van der Waals surface area contributed by atoms with Gasteiger partial charge in [-0.3, -0.25) is 4.90 Å². The highest BCUT2D eigenvalue weighted by Crippen LogP contribution is 2.36. The molecular formula is C15H25N3S. The standard InChI is InChI=1S/C15H25N3S/c1-4-13-8-17-15(19-13)11(3)18-9-14(12-5-6-12)16-7-10(18)2/h8,10-12,14,16H,4-7,9H2,1-3H3. The van der Waals surface area contributed by atoms with Gasteiger partial charge in [0.15, 0.2) is 0 Å². The molecule has 2 heterocycles. The lowest BCUT2D eigenvalue weighted by molar-refractivity contribution is 0.0923. The Morgan fingerprint density at radius 3 is 2.95 bits per heavy atom. The average Bonchev–Trinajstić information content (AvgIpc) is 3.16. The fraction of sp³-hybridized carbons (Fsp3) is 0.800. The zero-order chi connectivity index (χ0) is 13.4. The van der Waals surface area contributed by atoms with Gasteiger partial charge in [0.25, 0.3) is 0 Å². The molecule has 19 heavy (non-hydrogen) atoms.